The lowest BCUT2D eigenvalue weighted by Crippen LogP contribution is -2.47. The van der Waals surface area contributed by atoms with Crippen molar-refractivity contribution >= 4 is 34.0 Å². The van der Waals surface area contributed by atoms with Gasteiger partial charge in [-0.15, -0.1) is 10.2 Å². The summed E-state index contributed by atoms with van der Waals surface area (Å²) in [7, 11) is 1.99. The third-order valence-corrected chi connectivity index (χ3v) is 6.66. The zero-order chi connectivity index (χ0) is 27.3. The first-order valence-corrected chi connectivity index (χ1v) is 12.5. The van der Waals surface area contributed by atoms with Crippen LogP contribution in [0.5, 0.6) is 5.75 Å². The smallest absolute Gasteiger partial charge is 0.422 e. The first-order chi connectivity index (χ1) is 18.1. The predicted molar refractivity (Wildman–Crippen MR) is 136 cm³/mol. The van der Waals surface area contributed by atoms with E-state index in [2.05, 4.69) is 30.7 Å². The van der Waals surface area contributed by atoms with Crippen molar-refractivity contribution in [3.8, 4) is 16.3 Å². The van der Waals surface area contributed by atoms with E-state index in [0.29, 0.717) is 18.1 Å². The fraction of sp³-hybridized carbons (Fsp3) is 0.375. The third-order valence-electron chi connectivity index (χ3n) is 5.79. The highest BCUT2D eigenvalue weighted by atomic mass is 32.1. The molecule has 2 aromatic heterocycles. The molecule has 3 aromatic rings. The number of rotatable bonds is 8. The van der Waals surface area contributed by atoms with E-state index in [9.17, 15) is 22.8 Å². The molecule has 202 valence electrons. The van der Waals surface area contributed by atoms with Gasteiger partial charge in [0.15, 0.2) is 11.6 Å². The molecule has 0 bridgehead atoms. The van der Waals surface area contributed by atoms with Gasteiger partial charge in [0.2, 0.25) is 11.0 Å². The van der Waals surface area contributed by atoms with Gasteiger partial charge in [0.25, 0.3) is 5.91 Å². The monoisotopic (exact) mass is 549 g/mol. The lowest BCUT2D eigenvalue weighted by atomic mass is 10.1. The van der Waals surface area contributed by atoms with Gasteiger partial charge >= 0.3 is 6.18 Å². The van der Waals surface area contributed by atoms with Crippen LogP contribution in [0.1, 0.15) is 15.9 Å². The van der Waals surface area contributed by atoms with Crippen molar-refractivity contribution in [2.24, 2.45) is 0 Å². The number of hydrogen-bond donors (Lipinski definition) is 2. The summed E-state index contributed by atoms with van der Waals surface area (Å²) < 4.78 is 43.2. The maximum absolute atomic E-state index is 12.9. The number of anilines is 2. The first-order valence-electron chi connectivity index (χ1n) is 11.7. The van der Waals surface area contributed by atoms with E-state index >= 15 is 0 Å². The Labute approximate surface area is 220 Å². The van der Waals surface area contributed by atoms with Crippen LogP contribution in [0.25, 0.3) is 10.6 Å². The van der Waals surface area contributed by atoms with Crippen molar-refractivity contribution in [1.82, 2.24) is 25.0 Å². The molecule has 1 saturated heterocycles. The van der Waals surface area contributed by atoms with Gasteiger partial charge in [-0.05, 0) is 43.8 Å². The van der Waals surface area contributed by atoms with Gasteiger partial charge in [0.05, 0.1) is 12.2 Å². The molecule has 1 fully saturated rings. The number of aromatic nitrogens is 3. The van der Waals surface area contributed by atoms with Crippen molar-refractivity contribution in [3.05, 3.63) is 47.8 Å². The Kier molecular flexibility index (Phi) is 8.54. The average Bonchev–Trinajstić information content (AvgIpc) is 3.32. The number of carbonyl (C=O) groups excluding carboxylic acids is 2. The molecule has 1 aromatic carbocycles. The number of halogens is 3. The number of aryl methyl sites for hydroxylation is 1. The maximum Gasteiger partial charge on any atom is 0.422 e. The van der Waals surface area contributed by atoms with Crippen molar-refractivity contribution in [3.63, 3.8) is 0 Å². The fourth-order valence-electron chi connectivity index (χ4n) is 3.69. The van der Waals surface area contributed by atoms with Crippen molar-refractivity contribution in [2.75, 3.05) is 57.0 Å². The van der Waals surface area contributed by atoms with Crippen molar-refractivity contribution < 1.29 is 27.5 Å². The van der Waals surface area contributed by atoms with Gasteiger partial charge in [-0.25, -0.2) is 0 Å². The van der Waals surface area contributed by atoms with Crippen LogP contribution < -0.4 is 15.4 Å². The van der Waals surface area contributed by atoms with Gasteiger partial charge in [-0.2, -0.15) is 13.2 Å². The topological polar surface area (TPSA) is 113 Å². The quantitative estimate of drug-likeness (QED) is 0.440. The van der Waals surface area contributed by atoms with Crippen LogP contribution >= 0.6 is 11.3 Å². The molecule has 1 aliphatic rings. The zero-order valence-electron chi connectivity index (χ0n) is 20.7. The summed E-state index contributed by atoms with van der Waals surface area (Å²) in [5.74, 6) is -1.20. The minimum Gasteiger partial charge on any atom is -0.482 e. The molecule has 10 nitrogen and oxygen atoms in total. The van der Waals surface area contributed by atoms with Crippen molar-refractivity contribution in [1.29, 1.82) is 0 Å². The molecule has 14 heteroatoms. The van der Waals surface area contributed by atoms with E-state index < -0.39 is 24.6 Å². The van der Waals surface area contributed by atoms with Gasteiger partial charge in [-0.3, -0.25) is 24.8 Å². The standard InChI is InChI=1S/C24H26F3N7O3S/c1-15-5-6-28-12-17(15)22-31-32-23(38-22)30-21(36)16-3-4-19(37-14-24(25,26)27)18(11-16)29-20(35)13-34-9-7-33(2)8-10-34/h3-6,11-12H,7-10,13-14H2,1-2H3,(H,29,35)(H,30,32,36). The zero-order valence-corrected chi connectivity index (χ0v) is 21.5. The van der Waals surface area contributed by atoms with E-state index in [1.807, 2.05) is 24.9 Å². The second kappa shape index (κ2) is 11.8. The lowest BCUT2D eigenvalue weighted by molar-refractivity contribution is -0.153. The lowest BCUT2D eigenvalue weighted by Gasteiger charge is -2.31. The van der Waals surface area contributed by atoms with E-state index in [-0.39, 0.29) is 28.7 Å². The minimum atomic E-state index is -4.57. The molecule has 0 aliphatic carbocycles. The fourth-order valence-corrected chi connectivity index (χ4v) is 4.51. The number of carbonyl (C=O) groups is 2. The number of nitrogens with one attached hydrogen (secondary N) is 2. The number of likely N-dealkylation sites (N-methyl/N-ethyl adjacent to an activating group) is 1. The van der Waals surface area contributed by atoms with Crippen LogP contribution in [0.4, 0.5) is 24.0 Å². The number of piperazine rings is 1. The number of alkyl halides is 3. The summed E-state index contributed by atoms with van der Waals surface area (Å²) in [6.07, 6.45) is -1.26. The van der Waals surface area contributed by atoms with E-state index in [1.54, 1.807) is 12.4 Å². The highest BCUT2D eigenvalue weighted by molar-refractivity contribution is 7.18. The summed E-state index contributed by atoms with van der Waals surface area (Å²) >= 11 is 1.15. The Morgan fingerprint density at radius 3 is 2.58 bits per heavy atom. The van der Waals surface area contributed by atoms with Crippen LogP contribution in [0.3, 0.4) is 0 Å². The van der Waals surface area contributed by atoms with Gasteiger partial charge < -0.3 is 15.0 Å². The number of pyridine rings is 1. The summed E-state index contributed by atoms with van der Waals surface area (Å²) in [6.45, 7) is 3.40. The molecule has 1 aliphatic heterocycles. The second-order valence-corrected chi connectivity index (χ2v) is 9.78. The Hall–Kier alpha value is -3.62. The van der Waals surface area contributed by atoms with Gasteiger partial charge in [-0.1, -0.05) is 11.3 Å². The minimum absolute atomic E-state index is 0.0371. The molecular formula is C24H26F3N7O3S. The number of ether oxygens (including phenoxy) is 1. The highest BCUT2D eigenvalue weighted by Gasteiger charge is 2.29. The molecule has 2 amide bonds. The van der Waals surface area contributed by atoms with Crippen LogP contribution in [0.2, 0.25) is 0 Å². The molecule has 0 saturated carbocycles. The maximum atomic E-state index is 12.9. The van der Waals surface area contributed by atoms with E-state index in [1.165, 1.54) is 18.2 Å². The van der Waals surface area contributed by atoms with Crippen LogP contribution in [0.15, 0.2) is 36.7 Å². The Bertz CT molecular complexity index is 1290. The Balaban J connectivity index is 1.48. The molecular weight excluding hydrogens is 523 g/mol. The Morgan fingerprint density at radius 2 is 1.87 bits per heavy atom. The first kappa shape index (κ1) is 27.4. The number of benzene rings is 1. The number of nitrogens with zero attached hydrogens (tertiary/aromatic N) is 5. The third kappa shape index (κ3) is 7.46. The highest BCUT2D eigenvalue weighted by Crippen LogP contribution is 2.30. The molecule has 0 radical (unpaired) electrons. The SMILES string of the molecule is Cc1ccncc1-c1nnc(NC(=O)c2ccc(OCC(F)(F)F)c(NC(=O)CN3CCN(C)CC3)c2)s1. The average molecular weight is 550 g/mol. The number of amides is 2. The molecule has 0 spiro atoms. The summed E-state index contributed by atoms with van der Waals surface area (Å²) in [4.78, 5) is 33.8. The van der Waals surface area contributed by atoms with Crippen LogP contribution in [-0.2, 0) is 4.79 Å². The normalized spacial score (nSPS) is 14.8. The van der Waals surface area contributed by atoms with E-state index in [0.717, 1.165) is 35.6 Å². The Morgan fingerprint density at radius 1 is 1.11 bits per heavy atom. The molecule has 4 rings (SSSR count). The molecule has 38 heavy (non-hydrogen) atoms. The number of hydrogen-bond acceptors (Lipinski definition) is 9. The summed E-state index contributed by atoms with van der Waals surface area (Å²) in [6, 6.07) is 5.63. The summed E-state index contributed by atoms with van der Waals surface area (Å²) in [5, 5.41) is 14.1. The van der Waals surface area contributed by atoms with E-state index in [4.69, 9.17) is 4.74 Å². The largest absolute Gasteiger partial charge is 0.482 e. The van der Waals surface area contributed by atoms with Crippen LogP contribution in [-0.4, -0.2) is 89.4 Å². The molecule has 3 heterocycles. The van der Waals surface area contributed by atoms with Crippen LogP contribution in [0, 0.1) is 6.92 Å². The molecule has 2 N–H and O–H groups in total. The molecule has 0 unspecified atom stereocenters. The summed E-state index contributed by atoms with van der Waals surface area (Å²) in [5.41, 5.74) is 1.78. The van der Waals surface area contributed by atoms with Gasteiger partial charge in [0.1, 0.15) is 5.75 Å². The second-order valence-electron chi connectivity index (χ2n) is 8.80. The van der Waals surface area contributed by atoms with Crippen molar-refractivity contribution in [2.45, 2.75) is 13.1 Å². The molecule has 0 atom stereocenters. The predicted octanol–water partition coefficient (Wildman–Crippen LogP) is 3.29. The van der Waals surface area contributed by atoms with Gasteiger partial charge in [0, 0.05) is 49.7 Å².